The molecule has 3 aromatic carbocycles. The molecule has 0 saturated heterocycles. The lowest BCUT2D eigenvalue weighted by Gasteiger charge is -2.33. The van der Waals surface area contributed by atoms with Crippen LogP contribution in [0.4, 0.5) is 5.69 Å². The minimum Gasteiger partial charge on any atom is -0.497 e. The largest absolute Gasteiger partial charge is 0.497 e. The van der Waals surface area contributed by atoms with Gasteiger partial charge in [-0.3, -0.25) is 13.9 Å². The number of hydrogen-bond acceptors (Lipinski definition) is 7. The number of sulfonamides is 1. The molecule has 0 aliphatic heterocycles. The van der Waals surface area contributed by atoms with Crippen LogP contribution >= 0.6 is 0 Å². The zero-order valence-corrected chi connectivity index (χ0v) is 26.6. The average Bonchev–Trinajstić information content (AvgIpc) is 3.01. The molecular weight excluding hydrogens is 570 g/mol. The summed E-state index contributed by atoms with van der Waals surface area (Å²) in [5.74, 6) is 0.327. The van der Waals surface area contributed by atoms with E-state index in [2.05, 4.69) is 5.32 Å². The quantitative estimate of drug-likeness (QED) is 0.285. The molecule has 0 fully saturated rings. The fraction of sp³-hybridized carbons (Fsp3) is 0.375. The molecule has 0 spiro atoms. The van der Waals surface area contributed by atoms with Crippen molar-refractivity contribution in [2.24, 2.45) is 0 Å². The predicted octanol–water partition coefficient (Wildman–Crippen LogP) is 4.55. The van der Waals surface area contributed by atoms with Crippen LogP contribution in [0.15, 0.2) is 71.6 Å². The summed E-state index contributed by atoms with van der Waals surface area (Å²) in [6, 6.07) is 17.2. The molecule has 0 radical (unpaired) electrons. The number of anilines is 1. The van der Waals surface area contributed by atoms with Gasteiger partial charge in [-0.15, -0.1) is 0 Å². The Bertz CT molecular complexity index is 1490. The van der Waals surface area contributed by atoms with Crippen molar-refractivity contribution in [2.75, 3.05) is 32.2 Å². The number of benzene rings is 3. The van der Waals surface area contributed by atoms with Crippen molar-refractivity contribution in [3.63, 3.8) is 0 Å². The molecule has 3 aromatic rings. The monoisotopic (exact) mass is 611 g/mol. The molecule has 2 atom stereocenters. The molecule has 0 heterocycles. The third-order valence-corrected chi connectivity index (χ3v) is 9.00. The van der Waals surface area contributed by atoms with Crippen LogP contribution in [0, 0.1) is 6.92 Å². The minimum atomic E-state index is -4.27. The SMILES string of the molecule is CCC(C)NC(=O)C(C)N(Cc1ccc(OC)cc1)C(=O)CN(c1cc(OC)ccc1OC)S(=O)(=O)c1ccc(C)cc1. The van der Waals surface area contributed by atoms with E-state index < -0.39 is 28.5 Å². The van der Waals surface area contributed by atoms with Crippen molar-refractivity contribution in [1.82, 2.24) is 10.2 Å². The van der Waals surface area contributed by atoms with Gasteiger partial charge in [0, 0.05) is 18.7 Å². The summed E-state index contributed by atoms with van der Waals surface area (Å²) in [4.78, 5) is 28.8. The Balaban J connectivity index is 2.11. The Kier molecular flexibility index (Phi) is 11.4. The Morgan fingerprint density at radius 3 is 2.02 bits per heavy atom. The summed E-state index contributed by atoms with van der Waals surface area (Å²) < 4.78 is 45.4. The number of amides is 2. The van der Waals surface area contributed by atoms with Crippen LogP contribution in [0.3, 0.4) is 0 Å². The van der Waals surface area contributed by atoms with E-state index >= 15 is 0 Å². The number of carbonyl (C=O) groups excluding carboxylic acids is 2. The van der Waals surface area contributed by atoms with Gasteiger partial charge >= 0.3 is 0 Å². The first-order valence-corrected chi connectivity index (χ1v) is 15.4. The average molecular weight is 612 g/mol. The van der Waals surface area contributed by atoms with Crippen LogP contribution in [0.5, 0.6) is 17.2 Å². The fourth-order valence-corrected chi connectivity index (χ4v) is 5.73. The molecule has 10 nitrogen and oxygen atoms in total. The molecule has 2 unspecified atom stereocenters. The number of hydrogen-bond donors (Lipinski definition) is 1. The molecule has 0 aliphatic rings. The van der Waals surface area contributed by atoms with E-state index in [1.54, 1.807) is 62.6 Å². The lowest BCUT2D eigenvalue weighted by molar-refractivity contribution is -0.139. The smallest absolute Gasteiger partial charge is 0.264 e. The van der Waals surface area contributed by atoms with Gasteiger partial charge in [-0.05, 0) is 69.2 Å². The van der Waals surface area contributed by atoms with Gasteiger partial charge in [0.15, 0.2) is 0 Å². The van der Waals surface area contributed by atoms with E-state index in [9.17, 15) is 18.0 Å². The summed E-state index contributed by atoms with van der Waals surface area (Å²) in [6.45, 7) is 6.77. The lowest BCUT2D eigenvalue weighted by Crippen LogP contribution is -2.52. The van der Waals surface area contributed by atoms with Gasteiger partial charge in [-0.2, -0.15) is 0 Å². The number of ether oxygens (including phenoxy) is 3. The van der Waals surface area contributed by atoms with E-state index in [0.717, 1.165) is 15.4 Å². The third-order valence-electron chi connectivity index (χ3n) is 7.22. The normalized spacial score (nSPS) is 12.5. The Labute approximate surface area is 254 Å². The highest BCUT2D eigenvalue weighted by molar-refractivity contribution is 7.92. The topological polar surface area (TPSA) is 114 Å². The van der Waals surface area contributed by atoms with Gasteiger partial charge in [0.1, 0.15) is 29.8 Å². The maximum Gasteiger partial charge on any atom is 0.264 e. The van der Waals surface area contributed by atoms with Crippen molar-refractivity contribution in [1.29, 1.82) is 0 Å². The summed E-state index contributed by atoms with van der Waals surface area (Å²) >= 11 is 0. The van der Waals surface area contributed by atoms with Crippen molar-refractivity contribution in [3.8, 4) is 17.2 Å². The highest BCUT2D eigenvalue weighted by Gasteiger charge is 2.34. The standard InChI is InChI=1S/C32H41N3O7S/c1-8-23(3)33-32(37)24(4)34(20-25-11-13-26(40-5)14-12-25)31(36)21-35(29-19-27(41-6)15-18-30(29)42-7)43(38,39)28-16-9-22(2)10-17-28/h9-19,23-24H,8,20-21H2,1-7H3,(H,33,37). The second kappa shape index (κ2) is 14.8. The van der Waals surface area contributed by atoms with Gasteiger partial charge in [-0.1, -0.05) is 36.8 Å². The fourth-order valence-electron chi connectivity index (χ4n) is 4.32. The summed E-state index contributed by atoms with van der Waals surface area (Å²) in [5.41, 5.74) is 1.74. The summed E-state index contributed by atoms with van der Waals surface area (Å²) in [6.07, 6.45) is 0.711. The lowest BCUT2D eigenvalue weighted by atomic mass is 10.1. The number of rotatable bonds is 14. The van der Waals surface area contributed by atoms with Gasteiger partial charge in [0.25, 0.3) is 10.0 Å². The first-order chi connectivity index (χ1) is 20.4. The summed E-state index contributed by atoms with van der Waals surface area (Å²) in [5, 5.41) is 2.93. The molecule has 0 aromatic heterocycles. The highest BCUT2D eigenvalue weighted by atomic mass is 32.2. The maximum atomic E-state index is 14.2. The highest BCUT2D eigenvalue weighted by Crippen LogP contribution is 2.36. The van der Waals surface area contributed by atoms with E-state index in [0.29, 0.717) is 17.9 Å². The molecule has 3 rings (SSSR count). The second-order valence-electron chi connectivity index (χ2n) is 10.2. The summed E-state index contributed by atoms with van der Waals surface area (Å²) in [7, 11) is 0.163. The number of nitrogens with one attached hydrogen (secondary N) is 1. The van der Waals surface area contributed by atoms with E-state index in [-0.39, 0.29) is 34.8 Å². The first-order valence-electron chi connectivity index (χ1n) is 14.0. The van der Waals surface area contributed by atoms with E-state index in [4.69, 9.17) is 14.2 Å². The molecule has 0 bridgehead atoms. The molecule has 1 N–H and O–H groups in total. The molecule has 232 valence electrons. The van der Waals surface area contributed by atoms with Gasteiger partial charge in [0.05, 0.1) is 31.9 Å². The molecule has 2 amide bonds. The minimum absolute atomic E-state index is 0.0000366. The first kappa shape index (κ1) is 33.3. The number of carbonyl (C=O) groups is 2. The van der Waals surface area contributed by atoms with Crippen molar-refractivity contribution in [3.05, 3.63) is 77.9 Å². The Morgan fingerprint density at radius 2 is 1.47 bits per heavy atom. The zero-order chi connectivity index (χ0) is 31.7. The molecule has 0 aliphatic carbocycles. The number of methoxy groups -OCH3 is 3. The van der Waals surface area contributed by atoms with E-state index in [1.165, 1.54) is 37.3 Å². The number of nitrogens with zero attached hydrogens (tertiary/aromatic N) is 2. The number of aryl methyl sites for hydroxylation is 1. The van der Waals surface area contributed by atoms with Crippen LogP contribution in [-0.2, 0) is 26.2 Å². The van der Waals surface area contributed by atoms with Crippen LogP contribution in [0.2, 0.25) is 0 Å². The van der Waals surface area contributed by atoms with Crippen LogP contribution < -0.4 is 23.8 Å². The zero-order valence-electron chi connectivity index (χ0n) is 25.8. The van der Waals surface area contributed by atoms with Crippen molar-refractivity contribution >= 4 is 27.5 Å². The third kappa shape index (κ3) is 8.19. The Hall–Kier alpha value is -4.25. The predicted molar refractivity (Wildman–Crippen MR) is 166 cm³/mol. The van der Waals surface area contributed by atoms with E-state index in [1.807, 2.05) is 20.8 Å². The second-order valence-corrected chi connectivity index (χ2v) is 12.1. The molecule has 43 heavy (non-hydrogen) atoms. The van der Waals surface area contributed by atoms with Crippen LogP contribution in [0.25, 0.3) is 0 Å². The van der Waals surface area contributed by atoms with Crippen LogP contribution in [-0.4, -0.2) is 65.1 Å². The maximum absolute atomic E-state index is 14.2. The molecule has 11 heteroatoms. The molecular formula is C32H41N3O7S. The molecule has 0 saturated carbocycles. The van der Waals surface area contributed by atoms with Crippen LogP contribution in [0.1, 0.15) is 38.3 Å². The Morgan fingerprint density at radius 1 is 0.860 bits per heavy atom. The van der Waals surface area contributed by atoms with Crippen molar-refractivity contribution in [2.45, 2.75) is 57.6 Å². The van der Waals surface area contributed by atoms with Gasteiger partial charge in [0.2, 0.25) is 11.8 Å². The van der Waals surface area contributed by atoms with Crippen molar-refractivity contribution < 1.29 is 32.2 Å². The van der Waals surface area contributed by atoms with Gasteiger partial charge in [-0.25, -0.2) is 8.42 Å². The van der Waals surface area contributed by atoms with Gasteiger partial charge < -0.3 is 24.4 Å².